The highest BCUT2D eigenvalue weighted by atomic mass is 19.1. The van der Waals surface area contributed by atoms with Crippen LogP contribution in [0.3, 0.4) is 0 Å². The van der Waals surface area contributed by atoms with Crippen LogP contribution in [0.2, 0.25) is 0 Å². The van der Waals surface area contributed by atoms with Gasteiger partial charge in [-0.3, -0.25) is 4.79 Å². The average Bonchev–Trinajstić information content (AvgIpc) is 3.18. The maximum Gasteiger partial charge on any atom is 0.226 e. The maximum atomic E-state index is 13.2. The van der Waals surface area contributed by atoms with Crippen molar-refractivity contribution in [2.24, 2.45) is 5.92 Å². The second-order valence-electron chi connectivity index (χ2n) is 5.64. The Morgan fingerprint density at radius 2 is 2.32 bits per heavy atom. The van der Waals surface area contributed by atoms with E-state index in [4.69, 9.17) is 0 Å². The number of nitrogens with one attached hydrogen (secondary N) is 1. The molecule has 0 radical (unpaired) electrons. The first-order valence-electron chi connectivity index (χ1n) is 6.93. The molecular formula is C15H19FN2O. The van der Waals surface area contributed by atoms with Crippen LogP contribution < -0.4 is 5.32 Å². The first-order chi connectivity index (χ1) is 9.15. The number of nitrogens with zero attached hydrogens (tertiary/aromatic N) is 1. The lowest BCUT2D eigenvalue weighted by atomic mass is 10.1. The molecule has 1 N–H and O–H groups in total. The van der Waals surface area contributed by atoms with Crippen molar-refractivity contribution in [2.75, 3.05) is 19.6 Å². The smallest absolute Gasteiger partial charge is 0.226 e. The van der Waals surface area contributed by atoms with E-state index in [2.05, 4.69) is 12.2 Å². The van der Waals surface area contributed by atoms with Gasteiger partial charge in [-0.1, -0.05) is 12.1 Å². The van der Waals surface area contributed by atoms with E-state index in [0.717, 1.165) is 31.6 Å². The SMILES string of the molecule is C[C@@H]1CN(C(=O)[C@H]2C[C@@H]2c2cccc(F)c2)CCN1. The molecule has 2 fully saturated rings. The molecule has 0 unspecified atom stereocenters. The van der Waals surface area contributed by atoms with Gasteiger partial charge in [0.1, 0.15) is 5.82 Å². The number of hydrogen-bond donors (Lipinski definition) is 1. The van der Waals surface area contributed by atoms with E-state index in [1.807, 2.05) is 11.0 Å². The van der Waals surface area contributed by atoms with Crippen molar-refractivity contribution in [3.63, 3.8) is 0 Å². The molecule has 3 atom stereocenters. The summed E-state index contributed by atoms with van der Waals surface area (Å²) in [6, 6.07) is 7.00. The highest BCUT2D eigenvalue weighted by Crippen LogP contribution is 2.48. The Kier molecular flexibility index (Phi) is 3.27. The summed E-state index contributed by atoms with van der Waals surface area (Å²) in [5, 5.41) is 3.33. The Bertz CT molecular complexity index is 491. The van der Waals surface area contributed by atoms with Gasteiger partial charge in [-0.2, -0.15) is 0 Å². The molecule has 3 nitrogen and oxygen atoms in total. The predicted octanol–water partition coefficient (Wildman–Crippen LogP) is 1.75. The van der Waals surface area contributed by atoms with Crippen LogP contribution >= 0.6 is 0 Å². The Hall–Kier alpha value is -1.42. The molecule has 1 aromatic carbocycles. The minimum atomic E-state index is -0.216. The van der Waals surface area contributed by atoms with Crippen LogP contribution in [0, 0.1) is 11.7 Å². The Morgan fingerprint density at radius 1 is 1.47 bits per heavy atom. The van der Waals surface area contributed by atoms with Gasteiger partial charge >= 0.3 is 0 Å². The van der Waals surface area contributed by atoms with E-state index < -0.39 is 0 Å². The summed E-state index contributed by atoms with van der Waals surface area (Å²) in [5.41, 5.74) is 0.960. The van der Waals surface area contributed by atoms with Crippen LogP contribution in [0.15, 0.2) is 24.3 Å². The predicted molar refractivity (Wildman–Crippen MR) is 71.3 cm³/mol. The van der Waals surface area contributed by atoms with Gasteiger partial charge in [-0.05, 0) is 37.0 Å². The summed E-state index contributed by atoms with van der Waals surface area (Å²) >= 11 is 0. The molecule has 1 aliphatic carbocycles. The average molecular weight is 262 g/mol. The van der Waals surface area contributed by atoms with Crippen LogP contribution in [0.5, 0.6) is 0 Å². The molecule has 4 heteroatoms. The van der Waals surface area contributed by atoms with Gasteiger partial charge in [0.25, 0.3) is 0 Å². The lowest BCUT2D eigenvalue weighted by Gasteiger charge is -2.32. The number of halogens is 1. The molecule has 0 bridgehead atoms. The zero-order valence-electron chi connectivity index (χ0n) is 11.1. The van der Waals surface area contributed by atoms with Crippen LogP contribution in [0.25, 0.3) is 0 Å². The topological polar surface area (TPSA) is 32.3 Å². The first kappa shape index (κ1) is 12.6. The summed E-state index contributed by atoms with van der Waals surface area (Å²) in [4.78, 5) is 14.3. The highest BCUT2D eigenvalue weighted by molar-refractivity contribution is 5.83. The molecule has 1 heterocycles. The van der Waals surface area contributed by atoms with Gasteiger partial charge in [0.15, 0.2) is 0 Å². The van der Waals surface area contributed by atoms with E-state index in [0.29, 0.717) is 6.04 Å². The molecule has 102 valence electrons. The second kappa shape index (κ2) is 4.93. The van der Waals surface area contributed by atoms with Crippen molar-refractivity contribution >= 4 is 5.91 Å². The van der Waals surface area contributed by atoms with Crippen molar-refractivity contribution in [1.29, 1.82) is 0 Å². The summed E-state index contributed by atoms with van der Waals surface area (Å²) in [6.45, 7) is 4.53. The zero-order chi connectivity index (χ0) is 13.4. The van der Waals surface area contributed by atoms with Crippen molar-refractivity contribution in [3.8, 4) is 0 Å². The van der Waals surface area contributed by atoms with Gasteiger partial charge in [0.2, 0.25) is 5.91 Å². The van der Waals surface area contributed by atoms with Crippen molar-refractivity contribution in [1.82, 2.24) is 10.2 Å². The number of benzene rings is 1. The third-order valence-corrected chi connectivity index (χ3v) is 4.06. The fourth-order valence-electron chi connectivity index (χ4n) is 2.94. The second-order valence-corrected chi connectivity index (χ2v) is 5.64. The largest absolute Gasteiger partial charge is 0.340 e. The number of piperazine rings is 1. The van der Waals surface area contributed by atoms with Gasteiger partial charge in [0, 0.05) is 31.6 Å². The summed E-state index contributed by atoms with van der Waals surface area (Å²) < 4.78 is 13.2. The van der Waals surface area contributed by atoms with Gasteiger partial charge in [-0.25, -0.2) is 4.39 Å². The van der Waals surface area contributed by atoms with Crippen LogP contribution in [0.1, 0.15) is 24.8 Å². The number of rotatable bonds is 2. The highest BCUT2D eigenvalue weighted by Gasteiger charge is 2.46. The van der Waals surface area contributed by atoms with Crippen molar-refractivity contribution in [3.05, 3.63) is 35.6 Å². The minimum Gasteiger partial charge on any atom is -0.340 e. The lowest BCUT2D eigenvalue weighted by Crippen LogP contribution is -2.51. The molecule has 1 aliphatic heterocycles. The molecule has 1 saturated carbocycles. The van der Waals surface area contributed by atoms with Crippen molar-refractivity contribution < 1.29 is 9.18 Å². The molecule has 19 heavy (non-hydrogen) atoms. The molecule has 0 spiro atoms. The van der Waals surface area contributed by atoms with Crippen molar-refractivity contribution in [2.45, 2.75) is 25.3 Å². The number of amides is 1. The number of hydrogen-bond acceptors (Lipinski definition) is 2. The Balaban J connectivity index is 1.64. The summed E-state index contributed by atoms with van der Waals surface area (Å²) in [5.74, 6) is 0.300. The summed E-state index contributed by atoms with van der Waals surface area (Å²) in [6.07, 6.45) is 0.862. The molecule has 1 amide bonds. The number of carbonyl (C=O) groups is 1. The molecule has 1 aromatic rings. The quantitative estimate of drug-likeness (QED) is 0.880. The standard InChI is InChI=1S/C15H19FN2O/c1-10-9-18(6-5-17-10)15(19)14-8-13(14)11-3-2-4-12(16)7-11/h2-4,7,10,13-14,17H,5-6,8-9H2,1H3/t10-,13-,14+/m1/s1. The number of carbonyl (C=O) groups excluding carboxylic acids is 1. The van der Waals surface area contributed by atoms with E-state index >= 15 is 0 Å². The van der Waals surface area contributed by atoms with E-state index in [1.165, 1.54) is 6.07 Å². The third kappa shape index (κ3) is 2.63. The first-order valence-corrected chi connectivity index (χ1v) is 6.93. The van der Waals surface area contributed by atoms with E-state index in [-0.39, 0.29) is 23.6 Å². The molecule has 1 saturated heterocycles. The third-order valence-electron chi connectivity index (χ3n) is 4.06. The monoisotopic (exact) mass is 262 g/mol. The van der Waals surface area contributed by atoms with Gasteiger partial charge in [-0.15, -0.1) is 0 Å². The summed E-state index contributed by atoms with van der Waals surface area (Å²) in [7, 11) is 0. The normalized spacial score (nSPS) is 30.2. The zero-order valence-corrected chi connectivity index (χ0v) is 11.1. The minimum absolute atomic E-state index is 0.0621. The van der Waals surface area contributed by atoms with Crippen LogP contribution in [-0.4, -0.2) is 36.5 Å². The molecule has 3 rings (SSSR count). The fourth-order valence-corrected chi connectivity index (χ4v) is 2.94. The van der Waals surface area contributed by atoms with Gasteiger partial charge in [0.05, 0.1) is 0 Å². The Labute approximate surface area is 112 Å². The Morgan fingerprint density at radius 3 is 3.05 bits per heavy atom. The maximum absolute atomic E-state index is 13.2. The van der Waals surface area contributed by atoms with Gasteiger partial charge < -0.3 is 10.2 Å². The molecular weight excluding hydrogens is 243 g/mol. The fraction of sp³-hybridized carbons (Fsp3) is 0.533. The van der Waals surface area contributed by atoms with E-state index in [1.54, 1.807) is 12.1 Å². The van der Waals surface area contributed by atoms with Crippen LogP contribution in [0.4, 0.5) is 4.39 Å². The van der Waals surface area contributed by atoms with E-state index in [9.17, 15) is 9.18 Å². The molecule has 2 aliphatic rings. The molecule has 0 aromatic heterocycles. The lowest BCUT2D eigenvalue weighted by molar-refractivity contribution is -0.133. The van der Waals surface area contributed by atoms with Crippen LogP contribution in [-0.2, 0) is 4.79 Å².